The van der Waals surface area contributed by atoms with Gasteiger partial charge < -0.3 is 14.9 Å². The zero-order chi connectivity index (χ0) is 22.4. The van der Waals surface area contributed by atoms with Gasteiger partial charge in [-0.25, -0.2) is 4.79 Å². The molecule has 3 unspecified atom stereocenters. The number of hydrogen-bond acceptors (Lipinski definition) is 6. The van der Waals surface area contributed by atoms with Crippen LogP contribution in [-0.2, 0) is 15.3 Å². The van der Waals surface area contributed by atoms with Gasteiger partial charge in [-0.3, -0.25) is 4.79 Å². The Hall–Kier alpha value is -1.63. The lowest BCUT2D eigenvalue weighted by molar-refractivity contribution is -0.117. The van der Waals surface area contributed by atoms with Crippen LogP contribution in [-0.4, -0.2) is 46.5 Å². The van der Waals surface area contributed by atoms with Gasteiger partial charge in [0, 0.05) is 18.1 Å². The lowest BCUT2D eigenvalue weighted by Crippen LogP contribution is -2.41. The van der Waals surface area contributed by atoms with E-state index < -0.39 is 6.10 Å². The molecule has 1 aromatic rings. The van der Waals surface area contributed by atoms with Gasteiger partial charge in [-0.05, 0) is 48.8 Å². The van der Waals surface area contributed by atoms with Crippen molar-refractivity contribution >= 4 is 23.5 Å². The van der Waals surface area contributed by atoms with Crippen molar-refractivity contribution in [1.82, 2.24) is 0 Å². The van der Waals surface area contributed by atoms with Crippen LogP contribution < -0.4 is 0 Å². The van der Waals surface area contributed by atoms with E-state index in [9.17, 15) is 19.8 Å². The second-order valence-electron chi connectivity index (χ2n) is 8.88. The fourth-order valence-electron chi connectivity index (χ4n) is 4.84. The monoisotopic (exact) mass is 446 g/mol. The lowest BCUT2D eigenvalue weighted by atomic mass is 9.62. The summed E-state index contributed by atoms with van der Waals surface area (Å²) >= 11 is 1.53. The van der Waals surface area contributed by atoms with Gasteiger partial charge in [0.1, 0.15) is 5.78 Å². The topological polar surface area (TPSA) is 83.8 Å². The molecule has 1 aromatic carbocycles. The molecule has 0 aromatic heterocycles. The van der Waals surface area contributed by atoms with Gasteiger partial charge >= 0.3 is 5.97 Å². The number of ether oxygens (including phenoxy) is 1. The van der Waals surface area contributed by atoms with Crippen LogP contribution in [0.5, 0.6) is 0 Å². The van der Waals surface area contributed by atoms with E-state index in [1.165, 1.54) is 25.3 Å². The van der Waals surface area contributed by atoms with Crippen LogP contribution in [0.15, 0.2) is 36.4 Å². The molecule has 170 valence electrons. The minimum absolute atomic E-state index is 0.0632. The van der Waals surface area contributed by atoms with Crippen molar-refractivity contribution in [2.24, 2.45) is 11.3 Å². The zero-order valence-corrected chi connectivity index (χ0v) is 19.3. The van der Waals surface area contributed by atoms with E-state index in [1.54, 1.807) is 12.1 Å². The van der Waals surface area contributed by atoms with Gasteiger partial charge in [-0.2, -0.15) is 0 Å². The number of methoxy groups -OCH3 is 1. The van der Waals surface area contributed by atoms with Crippen molar-refractivity contribution in [2.75, 3.05) is 7.11 Å². The minimum atomic E-state index is -0.673. The van der Waals surface area contributed by atoms with Crippen molar-refractivity contribution in [1.29, 1.82) is 0 Å². The van der Waals surface area contributed by atoms with Crippen LogP contribution in [0.2, 0.25) is 0 Å². The Morgan fingerprint density at radius 3 is 2.61 bits per heavy atom. The Morgan fingerprint density at radius 2 is 2.03 bits per heavy atom. The molecule has 31 heavy (non-hydrogen) atoms. The van der Waals surface area contributed by atoms with E-state index in [-0.39, 0.29) is 40.9 Å². The molecule has 0 spiro atoms. The van der Waals surface area contributed by atoms with Crippen molar-refractivity contribution in [2.45, 2.75) is 75.1 Å². The molecule has 2 fully saturated rings. The summed E-state index contributed by atoms with van der Waals surface area (Å²) < 4.78 is 4.71. The summed E-state index contributed by atoms with van der Waals surface area (Å²) in [6.45, 7) is 2.16. The van der Waals surface area contributed by atoms with Crippen LogP contribution in [0.1, 0.15) is 67.8 Å². The number of benzene rings is 1. The predicted octanol–water partition coefficient (Wildman–Crippen LogP) is 4.30. The molecule has 6 heteroatoms. The molecular formula is C25H34O5S. The molecule has 4 atom stereocenters. The van der Waals surface area contributed by atoms with Gasteiger partial charge in [0.25, 0.3) is 0 Å². The van der Waals surface area contributed by atoms with Crippen LogP contribution in [0, 0.1) is 11.3 Å². The molecule has 2 N–H and O–H groups in total. The summed E-state index contributed by atoms with van der Waals surface area (Å²) in [6, 6.07) is 7.17. The first-order valence-corrected chi connectivity index (χ1v) is 12.3. The first kappa shape index (κ1) is 24.0. The van der Waals surface area contributed by atoms with E-state index in [1.807, 2.05) is 24.3 Å². The molecule has 3 rings (SSSR count). The van der Waals surface area contributed by atoms with Crippen molar-refractivity contribution in [3.8, 4) is 0 Å². The van der Waals surface area contributed by atoms with Crippen LogP contribution in [0.4, 0.5) is 0 Å². The van der Waals surface area contributed by atoms with E-state index in [4.69, 9.17) is 4.74 Å². The van der Waals surface area contributed by atoms with Gasteiger partial charge in [0.2, 0.25) is 0 Å². The second-order valence-corrected chi connectivity index (χ2v) is 10.0. The molecule has 0 heterocycles. The van der Waals surface area contributed by atoms with Gasteiger partial charge in [0.15, 0.2) is 0 Å². The quantitative estimate of drug-likeness (QED) is 0.412. The summed E-state index contributed by atoms with van der Waals surface area (Å²) in [5, 5.41) is 20.8. The summed E-state index contributed by atoms with van der Waals surface area (Å²) in [7, 11) is 1.35. The molecule has 0 saturated heterocycles. The van der Waals surface area contributed by atoms with Crippen molar-refractivity contribution < 1.29 is 24.5 Å². The number of rotatable bonds is 10. The number of esters is 1. The highest BCUT2D eigenvalue weighted by atomic mass is 32.2. The highest BCUT2D eigenvalue weighted by Crippen LogP contribution is 2.48. The average Bonchev–Trinajstić information content (AvgIpc) is 3.01. The number of ketones is 1. The Labute approximate surface area is 189 Å². The molecule has 2 saturated carbocycles. The molecule has 2 aliphatic rings. The molecular weight excluding hydrogens is 412 g/mol. The fourth-order valence-corrected chi connectivity index (χ4v) is 6.18. The number of aliphatic hydroxyl groups is 2. The van der Waals surface area contributed by atoms with Crippen LogP contribution >= 0.6 is 11.8 Å². The van der Waals surface area contributed by atoms with Gasteiger partial charge in [0.05, 0.1) is 30.1 Å². The maximum atomic E-state index is 12.5. The van der Waals surface area contributed by atoms with E-state index in [0.29, 0.717) is 17.7 Å². The number of carbonyl (C=O) groups is 2. The highest BCUT2D eigenvalue weighted by molar-refractivity contribution is 7.99. The average molecular weight is 447 g/mol. The number of carbonyl (C=O) groups excluding carboxylic acids is 2. The largest absolute Gasteiger partial charge is 0.465 e. The first-order valence-electron chi connectivity index (χ1n) is 11.2. The third-order valence-corrected chi connectivity index (χ3v) is 8.28. The summed E-state index contributed by atoms with van der Waals surface area (Å²) in [5.41, 5.74) is 1.57. The van der Waals surface area contributed by atoms with Gasteiger partial charge in [-0.15, -0.1) is 11.8 Å². The summed E-state index contributed by atoms with van der Waals surface area (Å²) in [5.74, 6) is 0.0862. The maximum Gasteiger partial charge on any atom is 0.337 e. The first-order chi connectivity index (χ1) is 14.9. The summed E-state index contributed by atoms with van der Waals surface area (Å²) in [4.78, 5) is 24.0. The summed E-state index contributed by atoms with van der Waals surface area (Å²) in [6.07, 6.45) is 9.13. The third kappa shape index (κ3) is 5.60. The fraction of sp³-hybridized carbons (Fsp3) is 0.600. The van der Waals surface area contributed by atoms with Gasteiger partial charge in [-0.1, -0.05) is 44.1 Å². The molecule has 0 radical (unpaired) electrons. The Balaban J connectivity index is 1.57. The third-order valence-electron chi connectivity index (χ3n) is 6.85. The SMILES string of the molecule is CCCC1(C(O)C/C=C/[C@H]2C(O)CC(=O)C2SCc2ccc(C(=O)OC)cc2)CCC1. The minimum Gasteiger partial charge on any atom is -0.465 e. The molecule has 5 nitrogen and oxygen atoms in total. The maximum absolute atomic E-state index is 12.5. The highest BCUT2D eigenvalue weighted by Gasteiger charge is 2.42. The molecule has 2 aliphatic carbocycles. The number of Topliss-reactive ketones (excluding diaryl/α,β-unsaturated/α-hetero) is 1. The Morgan fingerprint density at radius 1 is 1.32 bits per heavy atom. The smallest absolute Gasteiger partial charge is 0.337 e. The molecule has 0 amide bonds. The Bertz CT molecular complexity index is 784. The number of aliphatic hydroxyl groups excluding tert-OH is 2. The van der Waals surface area contributed by atoms with E-state index in [2.05, 4.69) is 6.92 Å². The van der Waals surface area contributed by atoms with Crippen LogP contribution in [0.3, 0.4) is 0 Å². The predicted molar refractivity (Wildman–Crippen MR) is 123 cm³/mol. The van der Waals surface area contributed by atoms with E-state index in [0.717, 1.165) is 31.2 Å². The normalized spacial score (nSPS) is 26.1. The number of hydrogen-bond donors (Lipinski definition) is 2. The van der Waals surface area contributed by atoms with E-state index >= 15 is 0 Å². The van der Waals surface area contributed by atoms with Crippen LogP contribution in [0.25, 0.3) is 0 Å². The van der Waals surface area contributed by atoms with Crippen molar-refractivity contribution in [3.63, 3.8) is 0 Å². The lowest BCUT2D eigenvalue weighted by Gasteiger charge is -2.45. The second kappa shape index (κ2) is 10.8. The number of thioether (sulfide) groups is 1. The standard InChI is InChI=1S/C25H34O5S/c1-3-12-25(13-5-14-25)22(28)7-4-6-19-20(26)15-21(27)23(19)31-16-17-8-10-18(11-9-17)24(29)30-2/h4,6,8-11,19-20,22-23,26,28H,3,5,7,12-16H2,1-2H3/b6-4+/t19-,20?,22?,23?/m0/s1. The zero-order valence-electron chi connectivity index (χ0n) is 18.5. The molecule has 0 bridgehead atoms. The Kier molecular flexibility index (Phi) is 8.36. The van der Waals surface area contributed by atoms with Crippen molar-refractivity contribution in [3.05, 3.63) is 47.5 Å². The molecule has 0 aliphatic heterocycles.